The number of aromatic nitrogens is 2. The number of nitrogens with zero attached hydrogens (tertiary/aromatic N) is 5. The minimum Gasteiger partial charge on any atom is -0.497 e. The van der Waals surface area contributed by atoms with Gasteiger partial charge in [0.15, 0.2) is 0 Å². The summed E-state index contributed by atoms with van der Waals surface area (Å²) in [7, 11) is 6.13. The van der Waals surface area contributed by atoms with E-state index in [1.54, 1.807) is 20.4 Å². The van der Waals surface area contributed by atoms with Gasteiger partial charge in [-0.3, -0.25) is 0 Å². The van der Waals surface area contributed by atoms with Gasteiger partial charge in [0.1, 0.15) is 24.1 Å². The molecule has 6 atom stereocenters. The Hall–Kier alpha value is -3.15. The SMILES string of the molecule is COc1ccc(COC2[C@H](c3cnc(OC)nc3OC)O[C@@H]3[C@H](N=[N+]=[N-])[C@H](OC)CO[C@@H]23)cc1. The third-order valence-corrected chi connectivity index (χ3v) is 5.95. The van der Waals surface area contributed by atoms with Gasteiger partial charge < -0.3 is 33.2 Å². The molecule has 2 fully saturated rings. The van der Waals surface area contributed by atoms with Crippen LogP contribution in [0.4, 0.5) is 0 Å². The van der Waals surface area contributed by atoms with Crippen LogP contribution in [0, 0.1) is 0 Å². The molecule has 3 heterocycles. The molecule has 0 amide bonds. The van der Waals surface area contributed by atoms with Crippen molar-refractivity contribution in [1.82, 2.24) is 9.97 Å². The molecule has 12 nitrogen and oxygen atoms in total. The minimum absolute atomic E-state index is 0.161. The molecule has 0 bridgehead atoms. The molecule has 34 heavy (non-hydrogen) atoms. The van der Waals surface area contributed by atoms with Gasteiger partial charge in [-0.1, -0.05) is 17.2 Å². The second kappa shape index (κ2) is 10.9. The quantitative estimate of drug-likeness (QED) is 0.305. The summed E-state index contributed by atoms with van der Waals surface area (Å²) in [5.74, 6) is 1.04. The van der Waals surface area contributed by atoms with E-state index in [0.717, 1.165) is 11.3 Å². The molecular weight excluding hydrogens is 446 g/mol. The van der Waals surface area contributed by atoms with Gasteiger partial charge in [-0.15, -0.1) is 0 Å². The second-order valence-electron chi connectivity index (χ2n) is 7.73. The molecule has 1 unspecified atom stereocenters. The highest BCUT2D eigenvalue weighted by atomic mass is 16.6. The molecule has 1 aromatic heterocycles. The van der Waals surface area contributed by atoms with E-state index in [9.17, 15) is 0 Å². The van der Waals surface area contributed by atoms with E-state index < -0.39 is 36.6 Å². The topological polar surface area (TPSA) is 139 Å². The zero-order valence-corrected chi connectivity index (χ0v) is 19.4. The fourth-order valence-corrected chi connectivity index (χ4v) is 4.24. The summed E-state index contributed by atoms with van der Waals surface area (Å²) in [5, 5.41) is 3.95. The number of fused-ring (bicyclic) bond motifs is 1. The van der Waals surface area contributed by atoms with Gasteiger partial charge in [0.05, 0.1) is 58.4 Å². The lowest BCUT2D eigenvalue weighted by molar-refractivity contribution is -0.145. The number of azide groups is 1. The maximum Gasteiger partial charge on any atom is 0.319 e. The monoisotopic (exact) mass is 473 g/mol. The first kappa shape index (κ1) is 24.0. The fourth-order valence-electron chi connectivity index (χ4n) is 4.24. The van der Waals surface area contributed by atoms with E-state index in [-0.39, 0.29) is 18.5 Å². The van der Waals surface area contributed by atoms with Crippen LogP contribution in [0.5, 0.6) is 17.6 Å². The van der Waals surface area contributed by atoms with Gasteiger partial charge in [-0.05, 0) is 23.2 Å². The normalized spacial score (nSPS) is 28.0. The Bertz CT molecular complexity index is 1020. The molecule has 2 aliphatic rings. The van der Waals surface area contributed by atoms with Gasteiger partial charge in [0, 0.05) is 18.2 Å². The number of benzene rings is 1. The van der Waals surface area contributed by atoms with Crippen LogP contribution < -0.4 is 14.2 Å². The van der Waals surface area contributed by atoms with Crippen molar-refractivity contribution >= 4 is 0 Å². The van der Waals surface area contributed by atoms with Crippen molar-refractivity contribution in [2.45, 2.75) is 43.2 Å². The van der Waals surface area contributed by atoms with Crippen molar-refractivity contribution in [2.24, 2.45) is 5.11 Å². The van der Waals surface area contributed by atoms with Gasteiger partial charge in [-0.25, -0.2) is 4.98 Å². The van der Waals surface area contributed by atoms with Crippen LogP contribution in [-0.4, -0.2) is 75.5 Å². The lowest BCUT2D eigenvalue weighted by atomic mass is 9.94. The van der Waals surface area contributed by atoms with Crippen LogP contribution in [0.2, 0.25) is 0 Å². The highest BCUT2D eigenvalue weighted by Crippen LogP contribution is 2.44. The van der Waals surface area contributed by atoms with Crippen molar-refractivity contribution in [3.8, 4) is 17.6 Å². The summed E-state index contributed by atoms with van der Waals surface area (Å²) in [6, 6.07) is 7.13. The Morgan fingerprint density at radius 1 is 1.09 bits per heavy atom. The number of rotatable bonds is 9. The summed E-state index contributed by atoms with van der Waals surface area (Å²) in [5.41, 5.74) is 10.7. The first-order valence-electron chi connectivity index (χ1n) is 10.7. The van der Waals surface area contributed by atoms with Gasteiger partial charge in [0.2, 0.25) is 5.88 Å². The van der Waals surface area contributed by atoms with E-state index in [1.807, 2.05) is 24.3 Å². The highest BCUT2D eigenvalue weighted by Gasteiger charge is 2.55. The Morgan fingerprint density at radius 3 is 2.53 bits per heavy atom. The highest BCUT2D eigenvalue weighted by molar-refractivity contribution is 5.31. The molecule has 0 spiro atoms. The molecule has 1 aromatic carbocycles. The second-order valence-corrected chi connectivity index (χ2v) is 7.73. The summed E-state index contributed by atoms with van der Waals surface area (Å²) < 4.78 is 40.1. The number of methoxy groups -OCH3 is 4. The summed E-state index contributed by atoms with van der Waals surface area (Å²) in [6.45, 7) is 0.524. The number of ether oxygens (including phenoxy) is 7. The van der Waals surface area contributed by atoms with E-state index in [1.165, 1.54) is 14.2 Å². The average molecular weight is 473 g/mol. The zero-order chi connectivity index (χ0) is 24.1. The Labute approximate surface area is 196 Å². The van der Waals surface area contributed by atoms with Gasteiger partial charge >= 0.3 is 6.01 Å². The smallest absolute Gasteiger partial charge is 0.319 e. The summed E-state index contributed by atoms with van der Waals surface area (Å²) >= 11 is 0. The van der Waals surface area contributed by atoms with Gasteiger partial charge in [0.25, 0.3) is 0 Å². The summed E-state index contributed by atoms with van der Waals surface area (Å²) in [6.07, 6.45) is -1.21. The average Bonchev–Trinajstić information content (AvgIpc) is 3.26. The van der Waals surface area contributed by atoms with E-state index in [2.05, 4.69) is 20.0 Å². The number of hydrogen-bond acceptors (Lipinski definition) is 10. The predicted octanol–water partition coefficient (Wildman–Crippen LogP) is 2.62. The maximum absolute atomic E-state index is 9.15. The van der Waals surface area contributed by atoms with Gasteiger partial charge in [-0.2, -0.15) is 4.98 Å². The van der Waals surface area contributed by atoms with Crippen molar-refractivity contribution in [3.05, 3.63) is 52.0 Å². The molecule has 2 aromatic rings. The van der Waals surface area contributed by atoms with E-state index in [0.29, 0.717) is 12.2 Å². The van der Waals surface area contributed by atoms with Crippen molar-refractivity contribution in [1.29, 1.82) is 0 Å². The van der Waals surface area contributed by atoms with Crippen LogP contribution in [0.3, 0.4) is 0 Å². The Balaban J connectivity index is 1.66. The minimum atomic E-state index is -0.652. The molecular formula is C22H27N5O7. The van der Waals surface area contributed by atoms with E-state index >= 15 is 0 Å². The third-order valence-electron chi connectivity index (χ3n) is 5.95. The van der Waals surface area contributed by atoms with Crippen LogP contribution in [0.1, 0.15) is 17.2 Å². The number of hydrogen-bond donors (Lipinski definition) is 0. The van der Waals surface area contributed by atoms with Crippen LogP contribution in [0.25, 0.3) is 10.4 Å². The Kier molecular flexibility index (Phi) is 7.66. The molecule has 182 valence electrons. The molecule has 0 saturated carbocycles. The third kappa shape index (κ3) is 4.72. The molecule has 4 rings (SSSR count). The van der Waals surface area contributed by atoms with Crippen LogP contribution in [-0.2, 0) is 25.6 Å². The first-order chi connectivity index (χ1) is 16.6. The zero-order valence-electron chi connectivity index (χ0n) is 19.4. The molecule has 2 saturated heterocycles. The van der Waals surface area contributed by atoms with Crippen molar-refractivity contribution in [2.75, 3.05) is 35.0 Å². The van der Waals surface area contributed by atoms with Crippen molar-refractivity contribution < 1.29 is 33.2 Å². The van der Waals surface area contributed by atoms with Crippen LogP contribution >= 0.6 is 0 Å². The molecule has 0 N–H and O–H groups in total. The standard InChI is InChI=1S/C22H27N5O7/c1-28-13-7-5-12(6-8-13)10-32-19-17(14-9-24-22(31-4)25-21(14)30-3)34-18-16(26-27-23)15(29-2)11-33-20(18)19/h5-9,15-20H,10-11H2,1-4H3/t15-,16-,17+,18-,19?,20-/m1/s1. The fraction of sp³-hybridized carbons (Fsp3) is 0.545. The lowest BCUT2D eigenvalue weighted by Gasteiger charge is -2.36. The first-order valence-corrected chi connectivity index (χ1v) is 10.7. The lowest BCUT2D eigenvalue weighted by Crippen LogP contribution is -2.53. The predicted molar refractivity (Wildman–Crippen MR) is 118 cm³/mol. The van der Waals surface area contributed by atoms with E-state index in [4.69, 9.17) is 38.7 Å². The largest absolute Gasteiger partial charge is 0.497 e. The molecule has 12 heteroatoms. The molecule has 0 aliphatic carbocycles. The van der Waals surface area contributed by atoms with Crippen LogP contribution in [0.15, 0.2) is 35.6 Å². The van der Waals surface area contributed by atoms with Crippen molar-refractivity contribution in [3.63, 3.8) is 0 Å². The maximum atomic E-state index is 9.15. The molecule has 0 radical (unpaired) electrons. The molecule has 2 aliphatic heterocycles. The Morgan fingerprint density at radius 2 is 1.88 bits per heavy atom. The summed E-state index contributed by atoms with van der Waals surface area (Å²) in [4.78, 5) is 11.5.